The van der Waals surface area contributed by atoms with Gasteiger partial charge in [-0.3, -0.25) is 4.79 Å². The minimum absolute atomic E-state index is 0.0102. The van der Waals surface area contributed by atoms with Gasteiger partial charge in [0.15, 0.2) is 5.78 Å². The Morgan fingerprint density at radius 2 is 1.95 bits per heavy atom. The van der Waals surface area contributed by atoms with Crippen molar-refractivity contribution in [1.82, 2.24) is 0 Å². The maximum absolute atomic E-state index is 12.3. The summed E-state index contributed by atoms with van der Waals surface area (Å²) in [5.74, 6) is 0.983. The van der Waals surface area contributed by atoms with Gasteiger partial charge in [-0.05, 0) is 37.9 Å². The Morgan fingerprint density at radius 3 is 2.48 bits per heavy atom. The van der Waals surface area contributed by atoms with E-state index in [9.17, 15) is 4.79 Å². The van der Waals surface area contributed by atoms with Crippen LogP contribution in [0.4, 0.5) is 10.7 Å². The molecule has 0 bridgehead atoms. The van der Waals surface area contributed by atoms with Gasteiger partial charge >= 0.3 is 0 Å². The van der Waals surface area contributed by atoms with E-state index < -0.39 is 0 Å². The van der Waals surface area contributed by atoms with Gasteiger partial charge in [0.1, 0.15) is 5.00 Å². The molecule has 0 aliphatic heterocycles. The molecule has 1 saturated carbocycles. The Balaban J connectivity index is 2.19. The molecule has 1 aliphatic rings. The maximum Gasteiger partial charge on any atom is 0.177 e. The molecule has 0 aromatic carbocycles. The van der Waals surface area contributed by atoms with Crippen molar-refractivity contribution in [3.05, 3.63) is 4.88 Å². The number of hydrogen-bond donors (Lipinski definition) is 2. The van der Waals surface area contributed by atoms with Gasteiger partial charge in [0, 0.05) is 12.0 Å². The summed E-state index contributed by atoms with van der Waals surface area (Å²) in [6.07, 6.45) is 7.01. The molecule has 1 fully saturated rings. The number of Topliss-reactive ketones (excluding diaryl/α,β-unsaturated/α-hetero) is 1. The molecule has 0 spiro atoms. The van der Waals surface area contributed by atoms with Gasteiger partial charge in [-0.1, -0.05) is 20.8 Å². The van der Waals surface area contributed by atoms with Crippen molar-refractivity contribution in [2.75, 3.05) is 17.3 Å². The Hall–Kier alpha value is -0.680. The molecule has 1 aromatic heterocycles. The van der Waals surface area contributed by atoms with Crippen LogP contribution in [0.2, 0.25) is 0 Å². The van der Waals surface area contributed by atoms with Gasteiger partial charge in [-0.15, -0.1) is 23.1 Å². The molecule has 0 unspecified atom stereocenters. The monoisotopic (exact) mass is 326 g/mol. The van der Waals surface area contributed by atoms with Crippen molar-refractivity contribution >= 4 is 39.6 Å². The summed E-state index contributed by atoms with van der Waals surface area (Å²) in [4.78, 5) is 14.0. The first-order valence-electron chi connectivity index (χ1n) is 7.71. The normalized spacial score (nSPS) is 22.5. The largest absolute Gasteiger partial charge is 0.396 e. The lowest BCUT2D eigenvalue weighted by Gasteiger charge is -2.27. The van der Waals surface area contributed by atoms with Crippen LogP contribution in [0.5, 0.6) is 0 Å². The smallest absolute Gasteiger partial charge is 0.177 e. The topological polar surface area (TPSA) is 55.1 Å². The number of nitrogen functional groups attached to an aromatic ring is 1. The van der Waals surface area contributed by atoms with Crippen LogP contribution in [0, 0.1) is 11.8 Å². The fourth-order valence-electron chi connectivity index (χ4n) is 2.76. The van der Waals surface area contributed by atoms with Gasteiger partial charge in [0.2, 0.25) is 0 Å². The van der Waals surface area contributed by atoms with Crippen molar-refractivity contribution in [3.8, 4) is 0 Å². The number of carbonyl (C=O) groups excluding carboxylic acids is 1. The summed E-state index contributed by atoms with van der Waals surface area (Å²) in [5.41, 5.74) is 6.87. The van der Waals surface area contributed by atoms with Crippen molar-refractivity contribution in [3.63, 3.8) is 0 Å². The summed E-state index contributed by atoms with van der Waals surface area (Å²) in [5, 5.41) is 4.73. The van der Waals surface area contributed by atoms with Gasteiger partial charge in [-0.25, -0.2) is 0 Å². The number of rotatable bonds is 5. The van der Waals surface area contributed by atoms with Gasteiger partial charge < -0.3 is 11.1 Å². The minimum atomic E-state index is -0.0102. The van der Waals surface area contributed by atoms with Crippen molar-refractivity contribution < 1.29 is 4.79 Å². The molecule has 0 saturated heterocycles. The highest BCUT2D eigenvalue weighted by Gasteiger charge is 2.25. The van der Waals surface area contributed by atoms with E-state index in [0.717, 1.165) is 20.7 Å². The van der Waals surface area contributed by atoms with E-state index in [-0.39, 0.29) is 11.7 Å². The molecular weight excluding hydrogens is 300 g/mol. The molecule has 0 radical (unpaired) electrons. The van der Waals surface area contributed by atoms with E-state index in [1.807, 2.05) is 20.1 Å². The van der Waals surface area contributed by atoms with E-state index in [0.29, 0.717) is 11.7 Å². The first-order valence-corrected chi connectivity index (χ1v) is 9.75. The van der Waals surface area contributed by atoms with Crippen molar-refractivity contribution in [2.45, 2.75) is 57.4 Å². The van der Waals surface area contributed by atoms with Crippen LogP contribution < -0.4 is 11.1 Å². The Morgan fingerprint density at radius 1 is 1.33 bits per heavy atom. The third-order valence-electron chi connectivity index (χ3n) is 4.20. The van der Waals surface area contributed by atoms with Crippen LogP contribution in [-0.4, -0.2) is 18.1 Å². The van der Waals surface area contributed by atoms with E-state index in [4.69, 9.17) is 5.73 Å². The number of nitrogens with two attached hydrogens (primary N) is 1. The van der Waals surface area contributed by atoms with E-state index in [1.165, 1.54) is 37.0 Å². The lowest BCUT2D eigenvalue weighted by molar-refractivity contribution is 0.0944. The van der Waals surface area contributed by atoms with E-state index in [1.54, 1.807) is 11.8 Å². The zero-order valence-electron chi connectivity index (χ0n) is 13.4. The Kier molecular flexibility index (Phi) is 5.60. The molecule has 21 heavy (non-hydrogen) atoms. The van der Waals surface area contributed by atoms with Gasteiger partial charge in [0.25, 0.3) is 0 Å². The predicted octanol–water partition coefficient (Wildman–Crippen LogP) is 4.88. The summed E-state index contributed by atoms with van der Waals surface area (Å²) in [6, 6.07) is 0.521. The number of anilines is 2. The first kappa shape index (κ1) is 16.7. The lowest BCUT2D eigenvalue weighted by atomic mass is 9.87. The molecule has 3 nitrogen and oxygen atoms in total. The highest BCUT2D eigenvalue weighted by atomic mass is 32.2. The molecule has 1 aliphatic carbocycles. The average molecular weight is 327 g/mol. The van der Waals surface area contributed by atoms with Crippen LogP contribution in [0.15, 0.2) is 4.90 Å². The summed E-state index contributed by atoms with van der Waals surface area (Å²) in [7, 11) is 0. The number of hydrogen-bond acceptors (Lipinski definition) is 5. The van der Waals surface area contributed by atoms with Crippen LogP contribution >= 0.6 is 23.1 Å². The molecule has 0 amide bonds. The SMILES string of the molecule is CSc1c(NC2CCC(C)CC2)sc(C(=O)C(C)C)c1N. The zero-order valence-corrected chi connectivity index (χ0v) is 15.0. The third kappa shape index (κ3) is 3.75. The lowest BCUT2D eigenvalue weighted by Crippen LogP contribution is -2.24. The number of carbonyl (C=O) groups is 1. The number of ketones is 1. The van der Waals surface area contributed by atoms with E-state index in [2.05, 4.69) is 12.2 Å². The number of nitrogens with one attached hydrogen (secondary N) is 1. The van der Waals surface area contributed by atoms with Gasteiger partial charge in [0.05, 0.1) is 15.5 Å². The number of thioether (sulfide) groups is 1. The zero-order chi connectivity index (χ0) is 15.6. The minimum Gasteiger partial charge on any atom is -0.396 e. The highest BCUT2D eigenvalue weighted by Crippen LogP contribution is 2.43. The second-order valence-electron chi connectivity index (χ2n) is 6.33. The van der Waals surface area contributed by atoms with Crippen LogP contribution in [0.3, 0.4) is 0 Å². The summed E-state index contributed by atoms with van der Waals surface area (Å²) < 4.78 is 0. The predicted molar refractivity (Wildman–Crippen MR) is 94.7 cm³/mol. The molecule has 1 aromatic rings. The maximum atomic E-state index is 12.3. The standard InChI is InChI=1S/C16H26N2OS2/c1-9(2)13(19)14-12(17)15(20-4)16(21-14)18-11-7-5-10(3)6-8-11/h9-11,18H,5-8,17H2,1-4H3. The Labute approximate surface area is 136 Å². The fraction of sp³-hybridized carbons (Fsp3) is 0.688. The van der Waals surface area contributed by atoms with Crippen molar-refractivity contribution in [2.24, 2.45) is 11.8 Å². The number of thiophene rings is 1. The molecule has 3 N–H and O–H groups in total. The van der Waals surface area contributed by atoms with E-state index >= 15 is 0 Å². The molecular formula is C16H26N2OS2. The quantitative estimate of drug-likeness (QED) is 0.598. The first-order chi connectivity index (χ1) is 9.93. The third-order valence-corrected chi connectivity index (χ3v) is 6.32. The molecule has 1 heterocycles. The van der Waals surface area contributed by atoms with Crippen LogP contribution in [0.1, 0.15) is 56.1 Å². The Bertz CT molecular complexity index is 503. The highest BCUT2D eigenvalue weighted by molar-refractivity contribution is 7.99. The van der Waals surface area contributed by atoms with Crippen LogP contribution in [-0.2, 0) is 0 Å². The second kappa shape index (κ2) is 7.05. The summed E-state index contributed by atoms with van der Waals surface area (Å²) >= 11 is 3.17. The molecule has 5 heteroatoms. The van der Waals surface area contributed by atoms with Gasteiger partial charge in [-0.2, -0.15) is 0 Å². The van der Waals surface area contributed by atoms with Crippen LogP contribution in [0.25, 0.3) is 0 Å². The second-order valence-corrected chi connectivity index (χ2v) is 8.16. The summed E-state index contributed by atoms with van der Waals surface area (Å²) in [6.45, 7) is 6.18. The molecule has 118 valence electrons. The molecule has 2 rings (SSSR count). The molecule has 0 atom stereocenters. The van der Waals surface area contributed by atoms with Crippen molar-refractivity contribution in [1.29, 1.82) is 0 Å². The fourth-order valence-corrected chi connectivity index (χ4v) is 4.95. The average Bonchev–Trinajstić information content (AvgIpc) is 2.76.